The topological polar surface area (TPSA) is 92.2 Å². The Morgan fingerprint density at radius 1 is 1.00 bits per heavy atom. The monoisotopic (exact) mass is 662 g/mol. The number of nitrogens with zero attached hydrogens (tertiary/aromatic N) is 4. The van der Waals surface area contributed by atoms with Gasteiger partial charge in [0.2, 0.25) is 15.2 Å². The number of ether oxygens (including phenoxy) is 1. The Bertz CT molecular complexity index is 1570. The van der Waals surface area contributed by atoms with Crippen molar-refractivity contribution >= 4 is 80.7 Å². The molecule has 0 saturated carbocycles. The molecule has 0 radical (unpaired) electrons. The molecule has 8 nitrogen and oxygen atoms in total. The number of sulfonamides is 1. The summed E-state index contributed by atoms with van der Waals surface area (Å²) in [5.74, 6) is -0.429. The van der Waals surface area contributed by atoms with Crippen molar-refractivity contribution in [1.82, 2.24) is 9.29 Å². The van der Waals surface area contributed by atoms with Crippen LogP contribution in [0.5, 0.6) is 0 Å². The van der Waals surface area contributed by atoms with Gasteiger partial charge in [-0.25, -0.2) is 13.4 Å². The van der Waals surface area contributed by atoms with E-state index >= 15 is 0 Å². The molecule has 1 aliphatic heterocycles. The van der Waals surface area contributed by atoms with Crippen LogP contribution < -0.4 is 5.01 Å². The predicted molar refractivity (Wildman–Crippen MR) is 152 cm³/mol. The summed E-state index contributed by atoms with van der Waals surface area (Å²) >= 11 is 8.22. The van der Waals surface area contributed by atoms with Crippen LogP contribution in [0.2, 0.25) is 0 Å². The van der Waals surface area contributed by atoms with E-state index in [4.69, 9.17) is 4.74 Å². The maximum absolute atomic E-state index is 13.6. The second kappa shape index (κ2) is 11.1. The average Bonchev–Trinajstić information content (AvgIpc) is 3.33. The van der Waals surface area contributed by atoms with Gasteiger partial charge in [-0.05, 0) is 60.2 Å². The molecule has 2 heterocycles. The number of hydrazone groups is 1. The maximum Gasteiger partial charge on any atom is 0.280 e. The van der Waals surface area contributed by atoms with E-state index in [2.05, 4.69) is 41.9 Å². The van der Waals surface area contributed by atoms with E-state index in [0.717, 1.165) is 24.7 Å². The quantitative estimate of drug-likeness (QED) is 0.200. The lowest BCUT2D eigenvalue weighted by Crippen LogP contribution is -2.40. The number of thiazole rings is 1. The van der Waals surface area contributed by atoms with E-state index in [1.165, 1.54) is 44.9 Å². The van der Waals surface area contributed by atoms with E-state index in [-0.39, 0.29) is 10.5 Å². The Morgan fingerprint density at radius 2 is 1.68 bits per heavy atom. The number of morpholine rings is 1. The number of carbonyl (C=O) groups is 1. The zero-order valence-electron chi connectivity index (χ0n) is 19.3. The molecule has 0 spiro atoms. The van der Waals surface area contributed by atoms with Gasteiger partial charge in [0.05, 0.1) is 34.5 Å². The van der Waals surface area contributed by atoms with Crippen molar-refractivity contribution in [2.45, 2.75) is 4.90 Å². The van der Waals surface area contributed by atoms with Crippen molar-refractivity contribution in [1.29, 1.82) is 0 Å². The minimum Gasteiger partial charge on any atom is -0.379 e. The summed E-state index contributed by atoms with van der Waals surface area (Å²) in [5, 5.41) is 6.11. The Labute approximate surface area is 234 Å². The number of rotatable bonds is 6. The van der Waals surface area contributed by atoms with Crippen molar-refractivity contribution in [3.05, 3.63) is 86.8 Å². The van der Waals surface area contributed by atoms with Gasteiger partial charge < -0.3 is 4.74 Å². The van der Waals surface area contributed by atoms with Gasteiger partial charge in [0.25, 0.3) is 5.91 Å². The zero-order valence-corrected chi connectivity index (χ0v) is 24.1. The molecule has 0 unspecified atom stereocenters. The number of carbonyl (C=O) groups excluding carboxylic acids is 1. The zero-order chi connectivity index (χ0) is 26.0. The SMILES string of the molecule is O=C(c1ccc(S(=O)(=O)N2CCOCC2)cc1)N(/N=C/c1ccc(Br)cc1)c1nc2ccc(Br)cc2s1. The number of benzene rings is 3. The number of aromatic nitrogens is 1. The number of anilines is 1. The first kappa shape index (κ1) is 26.1. The van der Waals surface area contributed by atoms with Crippen LogP contribution in [0.15, 0.2) is 85.7 Å². The van der Waals surface area contributed by atoms with Crippen LogP contribution in [0, 0.1) is 0 Å². The van der Waals surface area contributed by atoms with Crippen molar-refractivity contribution in [2.75, 3.05) is 31.3 Å². The van der Waals surface area contributed by atoms with Gasteiger partial charge in [0, 0.05) is 27.6 Å². The van der Waals surface area contributed by atoms with Crippen molar-refractivity contribution in [2.24, 2.45) is 5.10 Å². The minimum absolute atomic E-state index is 0.126. The van der Waals surface area contributed by atoms with Crippen LogP contribution in [0.4, 0.5) is 5.13 Å². The molecule has 1 aliphatic rings. The van der Waals surface area contributed by atoms with Crippen LogP contribution in [0.1, 0.15) is 15.9 Å². The number of hydrogen-bond acceptors (Lipinski definition) is 7. The molecule has 1 amide bonds. The van der Waals surface area contributed by atoms with E-state index in [1.54, 1.807) is 6.21 Å². The summed E-state index contributed by atoms with van der Waals surface area (Å²) in [7, 11) is -3.67. The Balaban J connectivity index is 1.47. The summed E-state index contributed by atoms with van der Waals surface area (Å²) in [6, 6.07) is 19.1. The lowest BCUT2D eigenvalue weighted by molar-refractivity contribution is 0.0730. The van der Waals surface area contributed by atoms with Gasteiger partial charge in [0.1, 0.15) is 0 Å². The highest BCUT2D eigenvalue weighted by Crippen LogP contribution is 2.32. The fraction of sp³-hybridized carbons (Fsp3) is 0.160. The van der Waals surface area contributed by atoms with Crippen LogP contribution in [0.25, 0.3) is 10.2 Å². The van der Waals surface area contributed by atoms with Gasteiger partial charge in [-0.2, -0.15) is 14.4 Å². The van der Waals surface area contributed by atoms with Crippen LogP contribution >= 0.6 is 43.2 Å². The minimum atomic E-state index is -3.67. The van der Waals surface area contributed by atoms with Gasteiger partial charge >= 0.3 is 0 Å². The summed E-state index contributed by atoms with van der Waals surface area (Å²) in [6.45, 7) is 1.32. The second-order valence-corrected chi connectivity index (χ2v) is 12.8. The number of halogens is 2. The number of hydrogen-bond donors (Lipinski definition) is 0. The third-order valence-corrected chi connectivity index (χ3v) is 9.54. The Kier molecular flexibility index (Phi) is 7.84. The van der Waals surface area contributed by atoms with Crippen molar-refractivity contribution < 1.29 is 17.9 Å². The molecular formula is C25H20Br2N4O4S2. The van der Waals surface area contributed by atoms with Crippen molar-refractivity contribution in [3.63, 3.8) is 0 Å². The Hall–Kier alpha value is -2.48. The molecule has 4 aromatic rings. The molecule has 12 heteroatoms. The summed E-state index contributed by atoms with van der Waals surface area (Å²) in [6.07, 6.45) is 1.59. The van der Waals surface area contributed by atoms with Crippen LogP contribution in [-0.4, -0.2) is 56.1 Å². The van der Waals surface area contributed by atoms with E-state index in [0.29, 0.717) is 31.4 Å². The van der Waals surface area contributed by atoms with Gasteiger partial charge in [0.15, 0.2) is 0 Å². The summed E-state index contributed by atoms with van der Waals surface area (Å²) < 4.78 is 35.3. The first-order valence-corrected chi connectivity index (χ1v) is 15.0. The summed E-state index contributed by atoms with van der Waals surface area (Å²) in [5.41, 5.74) is 1.83. The smallest absolute Gasteiger partial charge is 0.280 e. The molecule has 37 heavy (non-hydrogen) atoms. The third kappa shape index (κ3) is 5.84. The van der Waals surface area contributed by atoms with E-state index < -0.39 is 15.9 Å². The van der Waals surface area contributed by atoms with E-state index in [1.807, 2.05) is 42.5 Å². The predicted octanol–water partition coefficient (Wildman–Crippen LogP) is 5.52. The molecule has 1 fully saturated rings. The van der Waals surface area contributed by atoms with E-state index in [9.17, 15) is 13.2 Å². The highest BCUT2D eigenvalue weighted by Gasteiger charge is 2.27. The standard InChI is InChI=1S/C25H20Br2N4O4S2/c26-19-5-1-17(2-6-19)16-28-31(25-29-22-10-7-20(27)15-23(22)36-25)24(32)18-3-8-21(9-4-18)37(33,34)30-11-13-35-14-12-30/h1-10,15-16H,11-14H2/b28-16+. The molecule has 0 atom stereocenters. The molecule has 1 aromatic heterocycles. The molecule has 190 valence electrons. The fourth-order valence-electron chi connectivity index (χ4n) is 3.67. The summed E-state index contributed by atoms with van der Waals surface area (Å²) in [4.78, 5) is 18.4. The highest BCUT2D eigenvalue weighted by atomic mass is 79.9. The molecular weight excluding hydrogens is 644 g/mol. The largest absolute Gasteiger partial charge is 0.379 e. The maximum atomic E-state index is 13.6. The number of amides is 1. The average molecular weight is 664 g/mol. The van der Waals surface area contributed by atoms with Gasteiger partial charge in [-0.3, -0.25) is 4.79 Å². The lowest BCUT2D eigenvalue weighted by Gasteiger charge is -2.26. The molecule has 0 N–H and O–H groups in total. The third-order valence-electron chi connectivity index (χ3n) is 5.61. The van der Waals surface area contributed by atoms with Gasteiger partial charge in [-0.15, -0.1) is 0 Å². The lowest BCUT2D eigenvalue weighted by atomic mass is 10.2. The normalized spacial score (nSPS) is 14.9. The molecule has 0 aliphatic carbocycles. The van der Waals surface area contributed by atoms with Crippen LogP contribution in [-0.2, 0) is 14.8 Å². The number of fused-ring (bicyclic) bond motifs is 1. The van der Waals surface area contributed by atoms with Gasteiger partial charge in [-0.1, -0.05) is 55.3 Å². The first-order valence-electron chi connectivity index (χ1n) is 11.2. The molecule has 0 bridgehead atoms. The highest BCUT2D eigenvalue weighted by molar-refractivity contribution is 9.10. The van der Waals surface area contributed by atoms with Crippen molar-refractivity contribution in [3.8, 4) is 0 Å². The molecule has 5 rings (SSSR count). The fourth-order valence-corrected chi connectivity index (χ4v) is 6.81. The van der Waals surface area contributed by atoms with Crippen LogP contribution in [0.3, 0.4) is 0 Å². The first-order chi connectivity index (χ1) is 17.8. The Morgan fingerprint density at radius 3 is 2.38 bits per heavy atom. The molecule has 3 aromatic carbocycles. The second-order valence-electron chi connectivity index (χ2n) is 8.06. The molecule has 1 saturated heterocycles.